The van der Waals surface area contributed by atoms with Gasteiger partial charge in [0.25, 0.3) is 0 Å². The fourth-order valence-electron chi connectivity index (χ4n) is 3.67. The van der Waals surface area contributed by atoms with E-state index >= 15 is 0 Å². The molecular formula is C16H32O2Si. The van der Waals surface area contributed by atoms with Crippen LogP contribution in [0.15, 0.2) is 0 Å². The quantitative estimate of drug-likeness (QED) is 0.709. The van der Waals surface area contributed by atoms with Gasteiger partial charge in [-0.1, -0.05) is 39.0 Å². The van der Waals surface area contributed by atoms with Crippen molar-refractivity contribution >= 4 is 8.07 Å². The lowest BCUT2D eigenvalue weighted by Crippen LogP contribution is -2.45. The van der Waals surface area contributed by atoms with E-state index < -0.39 is 8.07 Å². The van der Waals surface area contributed by atoms with Crippen molar-refractivity contribution in [2.24, 2.45) is 17.3 Å². The Balaban J connectivity index is 1.90. The first-order valence-electron chi connectivity index (χ1n) is 7.89. The average Bonchev–Trinajstić information content (AvgIpc) is 2.57. The summed E-state index contributed by atoms with van der Waals surface area (Å²) >= 11 is 0. The van der Waals surface area contributed by atoms with Gasteiger partial charge in [-0.15, -0.1) is 0 Å². The van der Waals surface area contributed by atoms with Gasteiger partial charge in [0.05, 0.1) is 13.2 Å². The van der Waals surface area contributed by atoms with E-state index in [1.165, 1.54) is 25.3 Å². The van der Waals surface area contributed by atoms with Crippen LogP contribution in [-0.4, -0.2) is 27.1 Å². The molecule has 0 aromatic heterocycles. The average molecular weight is 285 g/mol. The van der Waals surface area contributed by atoms with Crippen molar-refractivity contribution in [3.8, 4) is 0 Å². The van der Waals surface area contributed by atoms with Gasteiger partial charge in [0, 0.05) is 13.5 Å². The Morgan fingerprint density at radius 2 is 1.63 bits per heavy atom. The molecular weight excluding hydrogens is 252 g/mol. The molecule has 1 spiro atoms. The lowest BCUT2D eigenvalue weighted by atomic mass is 9.85. The molecule has 2 fully saturated rings. The van der Waals surface area contributed by atoms with Gasteiger partial charge < -0.3 is 9.47 Å². The highest BCUT2D eigenvalue weighted by Crippen LogP contribution is 2.50. The molecule has 2 nitrogen and oxygen atoms in total. The summed E-state index contributed by atoms with van der Waals surface area (Å²) in [6.45, 7) is 15.7. The Kier molecular flexibility index (Phi) is 4.21. The SMILES string of the molecule is C[C@H]1CC2(COC(C)(C)OC2)C[C@@H]1CC[Si](C)(C)C. The Bertz CT molecular complexity index is 309. The third kappa shape index (κ3) is 4.05. The van der Waals surface area contributed by atoms with E-state index in [1.54, 1.807) is 0 Å². The van der Waals surface area contributed by atoms with Crippen LogP contribution < -0.4 is 0 Å². The zero-order valence-electron chi connectivity index (χ0n) is 13.7. The van der Waals surface area contributed by atoms with Gasteiger partial charge in [0.15, 0.2) is 5.79 Å². The molecule has 0 N–H and O–H groups in total. The second-order valence-electron chi connectivity index (χ2n) is 8.72. The summed E-state index contributed by atoms with van der Waals surface area (Å²) in [5, 5.41) is 0. The maximum Gasteiger partial charge on any atom is 0.162 e. The van der Waals surface area contributed by atoms with Gasteiger partial charge in [-0.3, -0.25) is 0 Å². The number of hydrogen-bond acceptors (Lipinski definition) is 2. The van der Waals surface area contributed by atoms with Crippen LogP contribution in [0, 0.1) is 17.3 Å². The van der Waals surface area contributed by atoms with E-state index in [-0.39, 0.29) is 5.79 Å². The first-order chi connectivity index (χ1) is 8.61. The van der Waals surface area contributed by atoms with E-state index in [9.17, 15) is 0 Å². The second kappa shape index (κ2) is 5.16. The summed E-state index contributed by atoms with van der Waals surface area (Å²) in [6.07, 6.45) is 4.02. The third-order valence-corrected chi connectivity index (χ3v) is 6.76. The lowest BCUT2D eigenvalue weighted by Gasteiger charge is -2.41. The Hall–Kier alpha value is 0.137. The minimum atomic E-state index is -0.901. The number of hydrogen-bond donors (Lipinski definition) is 0. The minimum absolute atomic E-state index is 0.318. The van der Waals surface area contributed by atoms with Crippen molar-refractivity contribution in [2.45, 2.75) is 71.5 Å². The third-order valence-electron chi connectivity index (χ3n) is 4.97. The van der Waals surface area contributed by atoms with Gasteiger partial charge in [-0.05, 0) is 38.5 Å². The predicted molar refractivity (Wildman–Crippen MR) is 83.1 cm³/mol. The minimum Gasteiger partial charge on any atom is -0.350 e. The van der Waals surface area contributed by atoms with E-state index in [0.29, 0.717) is 5.41 Å². The van der Waals surface area contributed by atoms with Crippen molar-refractivity contribution in [3.63, 3.8) is 0 Å². The Morgan fingerprint density at radius 3 is 2.16 bits per heavy atom. The molecule has 112 valence electrons. The van der Waals surface area contributed by atoms with Crippen molar-refractivity contribution in [2.75, 3.05) is 13.2 Å². The highest BCUT2D eigenvalue weighted by molar-refractivity contribution is 6.76. The molecule has 1 saturated heterocycles. The number of rotatable bonds is 3. The van der Waals surface area contributed by atoms with Gasteiger partial charge in [0.1, 0.15) is 0 Å². The molecule has 2 aliphatic rings. The van der Waals surface area contributed by atoms with Gasteiger partial charge in [-0.2, -0.15) is 0 Å². The van der Waals surface area contributed by atoms with Crippen LogP contribution in [0.5, 0.6) is 0 Å². The van der Waals surface area contributed by atoms with Gasteiger partial charge in [-0.25, -0.2) is 0 Å². The molecule has 2 atom stereocenters. The van der Waals surface area contributed by atoms with Crippen molar-refractivity contribution in [1.29, 1.82) is 0 Å². The predicted octanol–water partition coefficient (Wildman–Crippen LogP) is 4.53. The van der Waals surface area contributed by atoms with E-state index in [0.717, 1.165) is 25.0 Å². The maximum absolute atomic E-state index is 5.93. The summed E-state index contributed by atoms with van der Waals surface area (Å²) < 4.78 is 11.9. The monoisotopic (exact) mass is 284 g/mol. The first kappa shape index (κ1) is 15.5. The molecule has 0 unspecified atom stereocenters. The van der Waals surface area contributed by atoms with Crippen molar-refractivity contribution in [3.05, 3.63) is 0 Å². The van der Waals surface area contributed by atoms with Crippen LogP contribution in [0.1, 0.15) is 40.0 Å². The van der Waals surface area contributed by atoms with Crippen LogP contribution >= 0.6 is 0 Å². The summed E-state index contributed by atoms with van der Waals surface area (Å²) in [6, 6.07) is 1.46. The van der Waals surface area contributed by atoms with Crippen LogP contribution in [0.25, 0.3) is 0 Å². The van der Waals surface area contributed by atoms with Crippen LogP contribution in [0.3, 0.4) is 0 Å². The Morgan fingerprint density at radius 1 is 1.05 bits per heavy atom. The molecule has 3 heteroatoms. The summed E-state index contributed by atoms with van der Waals surface area (Å²) in [5.74, 6) is 1.36. The van der Waals surface area contributed by atoms with E-state index in [4.69, 9.17) is 9.47 Å². The largest absolute Gasteiger partial charge is 0.350 e. The highest BCUT2D eigenvalue weighted by Gasteiger charge is 2.48. The summed E-state index contributed by atoms with van der Waals surface area (Å²) in [5.41, 5.74) is 0.318. The molecule has 1 saturated carbocycles. The summed E-state index contributed by atoms with van der Waals surface area (Å²) in [4.78, 5) is 0. The van der Waals surface area contributed by atoms with Crippen LogP contribution in [0.2, 0.25) is 25.7 Å². The molecule has 2 rings (SSSR count). The molecule has 19 heavy (non-hydrogen) atoms. The smallest absolute Gasteiger partial charge is 0.162 e. The second-order valence-corrected chi connectivity index (χ2v) is 14.3. The number of ether oxygens (including phenoxy) is 2. The molecule has 1 aliphatic carbocycles. The normalized spacial score (nSPS) is 33.8. The van der Waals surface area contributed by atoms with Gasteiger partial charge >= 0.3 is 0 Å². The fraction of sp³-hybridized carbons (Fsp3) is 1.00. The standard InChI is InChI=1S/C16H32O2Si/c1-13-9-16(11-17-15(2,3)18-12-16)10-14(13)7-8-19(4,5)6/h13-14H,7-12H2,1-6H3/t13-,14-/m0/s1. The molecule has 0 bridgehead atoms. The van der Waals surface area contributed by atoms with E-state index in [1.807, 2.05) is 13.8 Å². The van der Waals surface area contributed by atoms with Crippen molar-refractivity contribution < 1.29 is 9.47 Å². The zero-order chi connectivity index (χ0) is 14.3. The molecule has 0 aromatic rings. The molecule has 0 amide bonds. The van der Waals surface area contributed by atoms with Crippen LogP contribution in [0.4, 0.5) is 0 Å². The lowest BCUT2D eigenvalue weighted by molar-refractivity contribution is -0.285. The molecule has 1 aliphatic heterocycles. The Labute approximate surface area is 120 Å². The summed E-state index contributed by atoms with van der Waals surface area (Å²) in [7, 11) is -0.901. The van der Waals surface area contributed by atoms with Crippen LogP contribution in [-0.2, 0) is 9.47 Å². The van der Waals surface area contributed by atoms with E-state index in [2.05, 4.69) is 26.6 Å². The van der Waals surface area contributed by atoms with Gasteiger partial charge in [0.2, 0.25) is 0 Å². The maximum atomic E-state index is 5.93. The molecule has 0 radical (unpaired) electrons. The van der Waals surface area contributed by atoms with Crippen molar-refractivity contribution in [1.82, 2.24) is 0 Å². The molecule has 1 heterocycles. The zero-order valence-corrected chi connectivity index (χ0v) is 14.7. The highest BCUT2D eigenvalue weighted by atomic mass is 28.3. The topological polar surface area (TPSA) is 18.5 Å². The first-order valence-corrected chi connectivity index (χ1v) is 11.6. The fourth-order valence-corrected chi connectivity index (χ4v) is 4.91. The molecule has 0 aromatic carbocycles.